The Bertz CT molecular complexity index is 2860. The SMILES string of the molecule is c1ccc(-c2cc3c4c(c2)Sc2cc5c(cc2B4c2ccccc2O3)B2c3ccccc3Oc3cc(-c4ccccc4-c4ccccc4)cc(c32)O5)cc1. The number of fused-ring (bicyclic) bond motifs is 8. The van der Waals surface area contributed by atoms with Crippen LogP contribution in [0.4, 0.5) is 0 Å². The van der Waals surface area contributed by atoms with E-state index in [2.05, 4.69) is 170 Å². The van der Waals surface area contributed by atoms with Gasteiger partial charge in [-0.2, -0.15) is 0 Å². The number of hydrogen-bond donors (Lipinski definition) is 0. The molecule has 3 nitrogen and oxygen atoms in total. The molecule has 8 aromatic rings. The van der Waals surface area contributed by atoms with Crippen LogP contribution < -0.4 is 47.0 Å². The Morgan fingerprint density at radius 1 is 0.315 bits per heavy atom. The summed E-state index contributed by atoms with van der Waals surface area (Å²) in [6.07, 6.45) is 0. The smallest absolute Gasteiger partial charge is 0.260 e. The van der Waals surface area contributed by atoms with E-state index in [-0.39, 0.29) is 13.4 Å². The van der Waals surface area contributed by atoms with Crippen molar-refractivity contribution in [3.63, 3.8) is 0 Å². The zero-order valence-corrected chi connectivity index (χ0v) is 29.8. The first-order valence-electron chi connectivity index (χ1n) is 18.4. The Morgan fingerprint density at radius 2 is 0.833 bits per heavy atom. The summed E-state index contributed by atoms with van der Waals surface area (Å²) >= 11 is 1.81. The molecule has 0 saturated heterocycles. The van der Waals surface area contributed by atoms with E-state index in [1.165, 1.54) is 42.9 Å². The van der Waals surface area contributed by atoms with Gasteiger partial charge in [0.25, 0.3) is 13.4 Å². The highest BCUT2D eigenvalue weighted by molar-refractivity contribution is 8.00. The summed E-state index contributed by atoms with van der Waals surface area (Å²) in [5, 5.41) is 0. The molecule has 0 amide bonds. The van der Waals surface area contributed by atoms with Gasteiger partial charge < -0.3 is 14.2 Å². The summed E-state index contributed by atoms with van der Waals surface area (Å²) in [4.78, 5) is 2.42. The van der Waals surface area contributed by atoms with Gasteiger partial charge in [0.2, 0.25) is 0 Å². The lowest BCUT2D eigenvalue weighted by molar-refractivity contribution is 0.464. The van der Waals surface area contributed by atoms with Crippen molar-refractivity contribution < 1.29 is 14.2 Å². The van der Waals surface area contributed by atoms with Gasteiger partial charge in [-0.05, 0) is 97.7 Å². The van der Waals surface area contributed by atoms with Crippen molar-refractivity contribution in [3.8, 4) is 67.9 Å². The molecule has 0 radical (unpaired) electrons. The molecule has 4 aliphatic heterocycles. The normalized spacial score (nSPS) is 13.5. The van der Waals surface area contributed by atoms with E-state index in [1.54, 1.807) is 0 Å². The number of ether oxygens (including phenoxy) is 3. The average Bonchev–Trinajstić information content (AvgIpc) is 3.23. The van der Waals surface area contributed by atoms with Crippen molar-refractivity contribution in [3.05, 3.63) is 170 Å². The van der Waals surface area contributed by atoms with E-state index in [9.17, 15) is 0 Å². The maximum atomic E-state index is 7.05. The third kappa shape index (κ3) is 4.47. The monoisotopic (exact) mass is 706 g/mol. The van der Waals surface area contributed by atoms with Crippen LogP contribution in [0.5, 0.6) is 34.5 Å². The Hall–Kier alpha value is -6.36. The van der Waals surface area contributed by atoms with E-state index < -0.39 is 0 Å². The number of para-hydroxylation sites is 2. The standard InChI is InChI=1S/C48H28B2O3S/c1-3-13-29(14-4-1)31-23-44-48-46(26-31)54-45-28-41-37(27-38(45)50(48)36-20-10-12-22-40(36)52-44)49-35-19-9-11-21-39(35)51-42-24-32(25-43(53-41)47(42)49)34-18-8-7-17-33(34)30-15-5-2-6-16-30/h1-28H. The molecule has 54 heavy (non-hydrogen) atoms. The van der Waals surface area contributed by atoms with Crippen LogP contribution in [0.1, 0.15) is 0 Å². The molecule has 4 heterocycles. The molecule has 6 heteroatoms. The minimum absolute atomic E-state index is 0.0270. The first-order valence-corrected chi connectivity index (χ1v) is 19.2. The van der Waals surface area contributed by atoms with Crippen LogP contribution in [0.15, 0.2) is 180 Å². The van der Waals surface area contributed by atoms with E-state index in [0.717, 1.165) is 67.6 Å². The van der Waals surface area contributed by atoms with Crippen molar-refractivity contribution in [1.29, 1.82) is 0 Å². The minimum atomic E-state index is -0.0474. The van der Waals surface area contributed by atoms with Gasteiger partial charge in [-0.15, -0.1) is 0 Å². The van der Waals surface area contributed by atoms with Crippen molar-refractivity contribution in [1.82, 2.24) is 0 Å². The quantitative estimate of drug-likeness (QED) is 0.172. The second-order valence-electron chi connectivity index (χ2n) is 14.3. The highest BCUT2D eigenvalue weighted by Crippen LogP contribution is 2.44. The predicted molar refractivity (Wildman–Crippen MR) is 222 cm³/mol. The van der Waals surface area contributed by atoms with E-state index in [1.807, 2.05) is 11.8 Å². The molecule has 0 bridgehead atoms. The zero-order chi connectivity index (χ0) is 35.3. The molecule has 0 spiro atoms. The highest BCUT2D eigenvalue weighted by atomic mass is 32.2. The van der Waals surface area contributed by atoms with Crippen LogP contribution in [0.25, 0.3) is 33.4 Å². The predicted octanol–water partition coefficient (Wildman–Crippen LogP) is 8.50. The Morgan fingerprint density at radius 3 is 1.52 bits per heavy atom. The van der Waals surface area contributed by atoms with Gasteiger partial charge in [0, 0.05) is 15.3 Å². The van der Waals surface area contributed by atoms with Gasteiger partial charge >= 0.3 is 0 Å². The minimum Gasteiger partial charge on any atom is -0.458 e. The Labute approximate surface area is 318 Å². The fourth-order valence-corrected chi connectivity index (χ4v) is 10.2. The van der Waals surface area contributed by atoms with E-state index >= 15 is 0 Å². The molecule has 0 aliphatic carbocycles. The summed E-state index contributed by atoms with van der Waals surface area (Å²) in [6.45, 7) is -0.0204. The van der Waals surface area contributed by atoms with Crippen LogP contribution in [0.2, 0.25) is 0 Å². The summed E-state index contributed by atoms with van der Waals surface area (Å²) in [5.41, 5.74) is 13.9. The van der Waals surface area contributed by atoms with Gasteiger partial charge in [0.05, 0.1) is 0 Å². The van der Waals surface area contributed by atoms with Crippen LogP contribution in [-0.4, -0.2) is 13.4 Å². The second-order valence-corrected chi connectivity index (χ2v) is 15.4. The molecule has 0 unspecified atom stereocenters. The third-order valence-corrected chi connectivity index (χ3v) is 12.5. The Balaban J connectivity index is 1.06. The van der Waals surface area contributed by atoms with Crippen molar-refractivity contribution in [2.75, 3.05) is 0 Å². The largest absolute Gasteiger partial charge is 0.458 e. The molecular weight excluding hydrogens is 678 g/mol. The second kappa shape index (κ2) is 11.6. The Kier molecular flexibility index (Phi) is 6.46. The first-order chi connectivity index (χ1) is 26.7. The summed E-state index contributed by atoms with van der Waals surface area (Å²) in [5.74, 6) is 5.28. The molecule has 0 atom stereocenters. The van der Waals surface area contributed by atoms with Crippen LogP contribution in [0, 0.1) is 0 Å². The van der Waals surface area contributed by atoms with Gasteiger partial charge in [-0.3, -0.25) is 0 Å². The molecule has 0 aromatic heterocycles. The van der Waals surface area contributed by atoms with Crippen LogP contribution >= 0.6 is 11.8 Å². The molecule has 4 aliphatic rings. The lowest BCUT2D eigenvalue weighted by Crippen LogP contribution is -2.61. The van der Waals surface area contributed by atoms with Crippen molar-refractivity contribution >= 4 is 58.0 Å². The van der Waals surface area contributed by atoms with E-state index in [0.29, 0.717) is 0 Å². The lowest BCUT2D eigenvalue weighted by Gasteiger charge is -2.37. The molecule has 250 valence electrons. The van der Waals surface area contributed by atoms with Crippen LogP contribution in [0.3, 0.4) is 0 Å². The van der Waals surface area contributed by atoms with Gasteiger partial charge in [-0.25, -0.2) is 0 Å². The van der Waals surface area contributed by atoms with Gasteiger partial charge in [0.1, 0.15) is 34.5 Å². The summed E-state index contributed by atoms with van der Waals surface area (Å²) in [6, 6.07) is 60.4. The van der Waals surface area contributed by atoms with Crippen LogP contribution in [-0.2, 0) is 0 Å². The zero-order valence-electron chi connectivity index (χ0n) is 29.0. The maximum absolute atomic E-state index is 7.05. The van der Waals surface area contributed by atoms with Gasteiger partial charge in [0.15, 0.2) is 0 Å². The maximum Gasteiger partial charge on any atom is 0.260 e. The average molecular weight is 706 g/mol. The lowest BCUT2D eigenvalue weighted by atomic mass is 9.32. The molecule has 8 aromatic carbocycles. The van der Waals surface area contributed by atoms with Crippen molar-refractivity contribution in [2.24, 2.45) is 0 Å². The van der Waals surface area contributed by atoms with Crippen molar-refractivity contribution in [2.45, 2.75) is 9.79 Å². The van der Waals surface area contributed by atoms with Gasteiger partial charge in [-0.1, -0.05) is 145 Å². The molecule has 12 rings (SSSR count). The topological polar surface area (TPSA) is 27.7 Å². The first kappa shape index (κ1) is 30.1. The molecule has 0 saturated carbocycles. The highest BCUT2D eigenvalue weighted by Gasteiger charge is 2.44. The number of hydrogen-bond acceptors (Lipinski definition) is 4. The molecular formula is C48H28B2O3S. The number of benzene rings is 8. The molecule has 0 fully saturated rings. The fourth-order valence-electron chi connectivity index (χ4n) is 8.94. The fraction of sp³-hybridized carbons (Fsp3) is 0. The van der Waals surface area contributed by atoms with E-state index in [4.69, 9.17) is 14.2 Å². The summed E-state index contributed by atoms with van der Waals surface area (Å²) < 4.78 is 20.5. The number of rotatable bonds is 3. The molecule has 0 N–H and O–H groups in total. The summed E-state index contributed by atoms with van der Waals surface area (Å²) in [7, 11) is 0. The third-order valence-electron chi connectivity index (χ3n) is 11.3.